The number of benzene rings is 8. The summed E-state index contributed by atoms with van der Waals surface area (Å²) in [6.45, 7) is 4.66. The Balaban J connectivity index is 1.03. The first-order chi connectivity index (χ1) is 29.0. The van der Waals surface area contributed by atoms with Gasteiger partial charge in [-0.25, -0.2) is 15.0 Å². The summed E-state index contributed by atoms with van der Waals surface area (Å²) in [5.74, 6) is 1.84. The molecule has 10 aromatic rings. The van der Waals surface area contributed by atoms with Crippen LogP contribution >= 0.6 is 0 Å². The Morgan fingerprint density at radius 1 is 0.373 bits per heavy atom. The summed E-state index contributed by atoms with van der Waals surface area (Å²) in [7, 11) is 0. The van der Waals surface area contributed by atoms with Gasteiger partial charge in [0.05, 0.1) is 0 Å². The minimum absolute atomic E-state index is 0.132. The quantitative estimate of drug-likeness (QED) is 0.162. The van der Waals surface area contributed by atoms with Crippen LogP contribution in [0.3, 0.4) is 0 Å². The fourth-order valence-electron chi connectivity index (χ4n) is 8.69. The highest BCUT2D eigenvalue weighted by Crippen LogP contribution is 2.51. The summed E-state index contributed by atoms with van der Waals surface area (Å²) in [4.78, 5) is 17.2. The molecule has 2 aromatic heterocycles. The van der Waals surface area contributed by atoms with Crippen molar-refractivity contribution in [2.24, 2.45) is 0 Å². The molecule has 280 valence electrons. The lowest BCUT2D eigenvalue weighted by Gasteiger charge is -2.28. The predicted molar refractivity (Wildman–Crippen MR) is 241 cm³/mol. The molecule has 1 aliphatic carbocycles. The van der Waals surface area contributed by atoms with Crippen molar-refractivity contribution in [1.29, 1.82) is 0 Å². The van der Waals surface area contributed by atoms with Crippen LogP contribution in [0.25, 0.3) is 78.4 Å². The predicted octanol–water partition coefficient (Wildman–Crippen LogP) is 14.2. The summed E-state index contributed by atoms with van der Waals surface area (Å²) in [5.41, 5.74) is 15.0. The highest BCUT2D eigenvalue weighted by atomic mass is 16.3. The molecule has 0 saturated carbocycles. The molecule has 0 saturated heterocycles. The largest absolute Gasteiger partial charge is 0.456 e. The lowest BCUT2D eigenvalue weighted by atomic mass is 9.82. The van der Waals surface area contributed by atoms with Crippen molar-refractivity contribution in [3.05, 3.63) is 205 Å². The molecule has 0 radical (unpaired) electrons. The van der Waals surface area contributed by atoms with Crippen molar-refractivity contribution in [2.75, 3.05) is 4.90 Å². The Hall–Kier alpha value is -7.63. The summed E-state index contributed by atoms with van der Waals surface area (Å²) < 4.78 is 6.74. The van der Waals surface area contributed by atoms with Crippen LogP contribution in [0.2, 0.25) is 0 Å². The molecule has 59 heavy (non-hydrogen) atoms. The Morgan fingerprint density at radius 2 is 0.831 bits per heavy atom. The molecular weight excluding hydrogens is 721 g/mol. The third-order valence-corrected chi connectivity index (χ3v) is 11.7. The maximum absolute atomic E-state index is 6.74. The van der Waals surface area contributed by atoms with E-state index < -0.39 is 0 Å². The van der Waals surface area contributed by atoms with Crippen LogP contribution in [0.5, 0.6) is 0 Å². The standard InChI is InChI=1S/C54H38N4O/c1-54(2)47-21-13-12-20-43(47)44-30-27-41(33-48(44)54)58(40-25-22-36(23-26-40)35-14-6-3-7-15-35)42-28-31-46-45-29-24-39(32-49(45)59-50(46)34-42)53-56-51(37-16-8-4-9-17-37)55-52(57-53)38-18-10-5-11-19-38/h3-34H,1-2H3. The molecule has 11 rings (SSSR count). The van der Waals surface area contributed by atoms with Crippen molar-refractivity contribution < 1.29 is 4.42 Å². The molecule has 0 atom stereocenters. The Kier molecular flexibility index (Phi) is 8.09. The van der Waals surface area contributed by atoms with E-state index >= 15 is 0 Å². The minimum atomic E-state index is -0.132. The van der Waals surface area contributed by atoms with E-state index in [4.69, 9.17) is 19.4 Å². The number of hydrogen-bond acceptors (Lipinski definition) is 5. The number of fused-ring (bicyclic) bond motifs is 6. The molecule has 0 fully saturated rings. The van der Waals surface area contributed by atoms with E-state index in [1.54, 1.807) is 0 Å². The van der Waals surface area contributed by atoms with Gasteiger partial charge in [-0.15, -0.1) is 0 Å². The van der Waals surface area contributed by atoms with Crippen LogP contribution in [-0.4, -0.2) is 15.0 Å². The van der Waals surface area contributed by atoms with Gasteiger partial charge in [-0.05, 0) is 81.9 Å². The van der Waals surface area contributed by atoms with Crippen LogP contribution in [-0.2, 0) is 5.41 Å². The fourth-order valence-corrected chi connectivity index (χ4v) is 8.69. The van der Waals surface area contributed by atoms with E-state index in [1.165, 1.54) is 33.4 Å². The van der Waals surface area contributed by atoms with Gasteiger partial charge in [-0.1, -0.05) is 153 Å². The van der Waals surface area contributed by atoms with Crippen molar-refractivity contribution in [1.82, 2.24) is 15.0 Å². The zero-order chi connectivity index (χ0) is 39.5. The Morgan fingerprint density at radius 3 is 1.49 bits per heavy atom. The molecule has 0 unspecified atom stereocenters. The summed E-state index contributed by atoms with van der Waals surface area (Å²) in [6, 6.07) is 68.0. The number of aromatic nitrogens is 3. The van der Waals surface area contributed by atoms with Crippen LogP contribution in [0.15, 0.2) is 199 Å². The molecule has 0 bridgehead atoms. The normalized spacial score (nSPS) is 12.7. The summed E-state index contributed by atoms with van der Waals surface area (Å²) in [5, 5.41) is 2.08. The highest BCUT2D eigenvalue weighted by Gasteiger charge is 2.35. The zero-order valence-corrected chi connectivity index (χ0v) is 32.7. The second-order valence-corrected chi connectivity index (χ2v) is 15.7. The number of anilines is 3. The van der Waals surface area contributed by atoms with Crippen LogP contribution in [0, 0.1) is 0 Å². The second-order valence-electron chi connectivity index (χ2n) is 15.7. The van der Waals surface area contributed by atoms with Crippen molar-refractivity contribution in [2.45, 2.75) is 19.3 Å². The average Bonchev–Trinajstić information content (AvgIpc) is 3.78. The molecule has 0 aliphatic heterocycles. The van der Waals surface area contributed by atoms with E-state index in [0.717, 1.165) is 55.7 Å². The zero-order valence-electron chi connectivity index (χ0n) is 32.7. The number of hydrogen-bond donors (Lipinski definition) is 0. The van der Waals surface area contributed by atoms with Gasteiger partial charge in [0.1, 0.15) is 11.2 Å². The minimum Gasteiger partial charge on any atom is -0.456 e. The van der Waals surface area contributed by atoms with Gasteiger partial charge in [-0.3, -0.25) is 0 Å². The first-order valence-corrected chi connectivity index (χ1v) is 20.0. The second kappa shape index (κ2) is 13.8. The average molecular weight is 759 g/mol. The van der Waals surface area contributed by atoms with Crippen molar-refractivity contribution >= 4 is 39.0 Å². The van der Waals surface area contributed by atoms with Crippen molar-refractivity contribution in [3.63, 3.8) is 0 Å². The van der Waals surface area contributed by atoms with E-state index in [0.29, 0.717) is 17.5 Å². The Bertz CT molecular complexity index is 3120. The molecule has 5 heteroatoms. The third kappa shape index (κ3) is 5.98. The van der Waals surface area contributed by atoms with Crippen molar-refractivity contribution in [3.8, 4) is 56.4 Å². The molecule has 5 nitrogen and oxygen atoms in total. The van der Waals surface area contributed by atoms with Gasteiger partial charge in [0.15, 0.2) is 17.5 Å². The van der Waals surface area contributed by atoms with Crippen LogP contribution in [0.4, 0.5) is 17.1 Å². The number of nitrogens with zero attached hydrogens (tertiary/aromatic N) is 4. The van der Waals surface area contributed by atoms with Gasteiger partial charge in [0, 0.05) is 56.0 Å². The van der Waals surface area contributed by atoms with E-state index in [1.807, 2.05) is 66.7 Å². The SMILES string of the molecule is CC1(C)c2ccccc2-c2ccc(N(c3ccc(-c4ccccc4)cc3)c3ccc4c(c3)oc3cc(-c5nc(-c6ccccc6)nc(-c6ccccc6)n5)ccc34)cc21. The monoisotopic (exact) mass is 758 g/mol. The molecular formula is C54H38N4O. The lowest BCUT2D eigenvalue weighted by Crippen LogP contribution is -2.16. The third-order valence-electron chi connectivity index (χ3n) is 11.7. The summed E-state index contributed by atoms with van der Waals surface area (Å²) >= 11 is 0. The molecule has 0 amide bonds. The number of furan rings is 1. The van der Waals surface area contributed by atoms with Gasteiger partial charge in [0.25, 0.3) is 0 Å². The lowest BCUT2D eigenvalue weighted by molar-refractivity contribution is 0.660. The van der Waals surface area contributed by atoms with E-state index in [9.17, 15) is 0 Å². The van der Waals surface area contributed by atoms with Gasteiger partial charge in [0.2, 0.25) is 0 Å². The highest BCUT2D eigenvalue weighted by molar-refractivity contribution is 6.07. The molecule has 8 aromatic carbocycles. The smallest absolute Gasteiger partial charge is 0.164 e. The first kappa shape index (κ1) is 34.6. The maximum Gasteiger partial charge on any atom is 0.164 e. The molecule has 2 heterocycles. The molecule has 1 aliphatic rings. The molecule has 0 spiro atoms. The van der Waals surface area contributed by atoms with Crippen LogP contribution in [0.1, 0.15) is 25.0 Å². The number of rotatable bonds is 7. The Labute approximate surface area is 342 Å². The fraction of sp³-hybridized carbons (Fsp3) is 0.0556. The van der Waals surface area contributed by atoms with Gasteiger partial charge in [-0.2, -0.15) is 0 Å². The summed E-state index contributed by atoms with van der Waals surface area (Å²) in [6.07, 6.45) is 0. The van der Waals surface area contributed by atoms with Gasteiger partial charge >= 0.3 is 0 Å². The van der Waals surface area contributed by atoms with Gasteiger partial charge < -0.3 is 9.32 Å². The molecule has 0 N–H and O–H groups in total. The van der Waals surface area contributed by atoms with Crippen LogP contribution < -0.4 is 4.90 Å². The maximum atomic E-state index is 6.74. The van der Waals surface area contributed by atoms with E-state index in [-0.39, 0.29) is 5.41 Å². The topological polar surface area (TPSA) is 55.1 Å². The first-order valence-electron chi connectivity index (χ1n) is 20.0. The van der Waals surface area contributed by atoms with E-state index in [2.05, 4.69) is 146 Å².